The molecule has 0 saturated heterocycles. The van der Waals surface area contributed by atoms with Crippen LogP contribution >= 0.6 is 34.7 Å². The Hall–Kier alpha value is -2.75. The number of thioether (sulfide) groups is 1. The van der Waals surface area contributed by atoms with E-state index in [4.69, 9.17) is 11.6 Å². The molecule has 0 saturated carbocycles. The normalized spacial score (nSPS) is 11.6. The molecular formula is C21H19ClN4O3S2. The third-order valence-electron chi connectivity index (χ3n) is 4.20. The van der Waals surface area contributed by atoms with Crippen LogP contribution in [0.25, 0.3) is 0 Å². The first-order valence-corrected chi connectivity index (χ1v) is 11.4. The van der Waals surface area contributed by atoms with E-state index < -0.39 is 0 Å². The predicted octanol–water partition coefficient (Wildman–Crippen LogP) is 5.16. The number of Topliss-reactive ketones (excluding diaryl/α,β-unsaturated/α-hetero) is 1. The summed E-state index contributed by atoms with van der Waals surface area (Å²) in [4.78, 5) is 36.3. The molecule has 31 heavy (non-hydrogen) atoms. The Kier molecular flexibility index (Phi) is 7.78. The van der Waals surface area contributed by atoms with Crippen LogP contribution in [0, 0.1) is 0 Å². The Morgan fingerprint density at radius 3 is 2.26 bits per heavy atom. The third-order valence-corrected chi connectivity index (χ3v) is 6.74. The van der Waals surface area contributed by atoms with E-state index in [2.05, 4.69) is 20.8 Å². The second-order valence-electron chi connectivity index (χ2n) is 6.47. The van der Waals surface area contributed by atoms with Gasteiger partial charge in [-0.3, -0.25) is 19.7 Å². The van der Waals surface area contributed by atoms with E-state index in [1.807, 2.05) is 6.92 Å². The summed E-state index contributed by atoms with van der Waals surface area (Å²) in [6, 6.07) is 13.2. The Bertz CT molecular complexity index is 1080. The first-order valence-electron chi connectivity index (χ1n) is 9.34. The van der Waals surface area contributed by atoms with Crippen molar-refractivity contribution in [2.24, 2.45) is 0 Å². The maximum atomic E-state index is 12.6. The average Bonchev–Trinajstić information content (AvgIpc) is 3.19. The molecule has 0 radical (unpaired) electrons. The molecule has 1 atom stereocenters. The van der Waals surface area contributed by atoms with Crippen LogP contribution in [0.4, 0.5) is 10.8 Å². The fourth-order valence-electron chi connectivity index (χ4n) is 2.53. The second-order valence-corrected chi connectivity index (χ2v) is 9.34. The number of nitrogens with one attached hydrogen (secondary N) is 2. The van der Waals surface area contributed by atoms with Crippen molar-refractivity contribution in [3.05, 3.63) is 64.7 Å². The lowest BCUT2D eigenvalue weighted by molar-refractivity contribution is -0.115. The minimum Gasteiger partial charge on any atom is -0.325 e. The fraction of sp³-hybridized carbons (Fsp3) is 0.190. The number of aromatic nitrogens is 2. The van der Waals surface area contributed by atoms with Crippen LogP contribution in [0.1, 0.15) is 41.0 Å². The highest BCUT2D eigenvalue weighted by atomic mass is 35.5. The number of carbonyl (C=O) groups is 3. The third kappa shape index (κ3) is 6.36. The number of benzene rings is 2. The summed E-state index contributed by atoms with van der Waals surface area (Å²) in [5, 5.41) is 14.1. The van der Waals surface area contributed by atoms with E-state index in [0.717, 1.165) is 0 Å². The van der Waals surface area contributed by atoms with Gasteiger partial charge in [-0.2, -0.15) is 0 Å². The Labute approximate surface area is 192 Å². The summed E-state index contributed by atoms with van der Waals surface area (Å²) in [5.41, 5.74) is 1.65. The maximum absolute atomic E-state index is 12.6. The van der Waals surface area contributed by atoms with Gasteiger partial charge < -0.3 is 5.32 Å². The monoisotopic (exact) mass is 474 g/mol. The van der Waals surface area contributed by atoms with Crippen molar-refractivity contribution >= 4 is 63.1 Å². The van der Waals surface area contributed by atoms with E-state index in [1.165, 1.54) is 30.0 Å². The fourth-order valence-corrected chi connectivity index (χ4v) is 4.57. The maximum Gasteiger partial charge on any atom is 0.257 e. The second kappa shape index (κ2) is 10.5. The lowest BCUT2D eigenvalue weighted by Crippen LogP contribution is -2.24. The molecule has 2 N–H and O–H groups in total. The van der Waals surface area contributed by atoms with Gasteiger partial charge in [-0.15, -0.1) is 10.2 Å². The molecule has 2 amide bonds. The minimum atomic E-state index is -0.389. The average molecular weight is 475 g/mol. The SMILES string of the molecule is CC[C@@H](Sc1nnc(NC(=O)c2ccc(Cl)cc2)s1)C(=O)Nc1ccc(C(C)=O)cc1. The van der Waals surface area contributed by atoms with Gasteiger partial charge in [0, 0.05) is 21.8 Å². The molecule has 3 rings (SSSR count). The lowest BCUT2D eigenvalue weighted by Gasteiger charge is -2.13. The minimum absolute atomic E-state index is 0.0323. The van der Waals surface area contributed by atoms with Gasteiger partial charge in [-0.1, -0.05) is 41.6 Å². The molecule has 10 heteroatoms. The van der Waals surface area contributed by atoms with Crippen LogP contribution in [-0.2, 0) is 4.79 Å². The number of hydrogen-bond acceptors (Lipinski definition) is 7. The number of carbonyl (C=O) groups excluding carboxylic acids is 3. The molecule has 3 aromatic rings. The predicted molar refractivity (Wildman–Crippen MR) is 124 cm³/mol. The first kappa shape index (κ1) is 22.9. The summed E-state index contributed by atoms with van der Waals surface area (Å²) in [5.74, 6) is -0.525. The smallest absolute Gasteiger partial charge is 0.257 e. The van der Waals surface area contributed by atoms with E-state index in [0.29, 0.717) is 37.7 Å². The van der Waals surface area contributed by atoms with Crippen molar-refractivity contribution in [1.82, 2.24) is 10.2 Å². The standard InChI is InChI=1S/C21H19ClN4O3S2/c1-3-17(19(29)23-16-10-6-13(7-11-16)12(2)27)30-21-26-25-20(31-21)24-18(28)14-4-8-15(22)9-5-14/h4-11,17H,3H2,1-2H3,(H,23,29)(H,24,25,28)/t17-/m1/s1. The van der Waals surface area contributed by atoms with E-state index in [-0.39, 0.29) is 22.8 Å². The number of rotatable bonds is 8. The Morgan fingerprint density at radius 1 is 1.00 bits per heavy atom. The van der Waals surface area contributed by atoms with Gasteiger partial charge >= 0.3 is 0 Å². The summed E-state index contributed by atoms with van der Waals surface area (Å²) < 4.78 is 0.570. The van der Waals surface area contributed by atoms with Gasteiger partial charge in [0.25, 0.3) is 5.91 Å². The molecule has 0 fully saturated rings. The van der Waals surface area contributed by atoms with Crippen LogP contribution in [0.15, 0.2) is 52.9 Å². The Morgan fingerprint density at radius 2 is 1.65 bits per heavy atom. The molecule has 0 aliphatic rings. The van der Waals surface area contributed by atoms with Crippen molar-refractivity contribution in [1.29, 1.82) is 0 Å². The molecule has 1 aromatic heterocycles. The van der Waals surface area contributed by atoms with Crippen LogP contribution < -0.4 is 10.6 Å². The summed E-state index contributed by atoms with van der Waals surface area (Å²) >= 11 is 8.31. The molecule has 1 heterocycles. The van der Waals surface area contributed by atoms with E-state index >= 15 is 0 Å². The highest BCUT2D eigenvalue weighted by Gasteiger charge is 2.21. The summed E-state index contributed by atoms with van der Waals surface area (Å²) in [7, 11) is 0. The van der Waals surface area contributed by atoms with Crippen molar-refractivity contribution in [3.63, 3.8) is 0 Å². The highest BCUT2D eigenvalue weighted by Crippen LogP contribution is 2.31. The van der Waals surface area contributed by atoms with E-state index in [9.17, 15) is 14.4 Å². The van der Waals surface area contributed by atoms with Crippen LogP contribution in [0.3, 0.4) is 0 Å². The van der Waals surface area contributed by atoms with E-state index in [1.54, 1.807) is 48.5 Å². The topological polar surface area (TPSA) is 101 Å². The first-order chi connectivity index (χ1) is 14.9. The number of anilines is 2. The van der Waals surface area contributed by atoms with Crippen molar-refractivity contribution < 1.29 is 14.4 Å². The van der Waals surface area contributed by atoms with Crippen LogP contribution in [0.5, 0.6) is 0 Å². The molecule has 0 unspecified atom stereocenters. The summed E-state index contributed by atoms with van der Waals surface area (Å²) in [6.07, 6.45) is 0.577. The number of nitrogens with zero attached hydrogens (tertiary/aromatic N) is 2. The van der Waals surface area contributed by atoms with Crippen LogP contribution in [-0.4, -0.2) is 33.0 Å². The van der Waals surface area contributed by atoms with Gasteiger partial charge in [0.15, 0.2) is 10.1 Å². The zero-order valence-electron chi connectivity index (χ0n) is 16.7. The number of halogens is 1. The zero-order valence-corrected chi connectivity index (χ0v) is 19.1. The molecular weight excluding hydrogens is 456 g/mol. The Balaban J connectivity index is 1.59. The number of ketones is 1. The quantitative estimate of drug-likeness (QED) is 0.266. The van der Waals surface area contributed by atoms with Gasteiger partial charge in [-0.05, 0) is 61.9 Å². The zero-order chi connectivity index (χ0) is 22.4. The molecule has 0 aliphatic heterocycles. The lowest BCUT2D eigenvalue weighted by atomic mass is 10.1. The summed E-state index contributed by atoms with van der Waals surface area (Å²) in [6.45, 7) is 3.39. The molecule has 0 aliphatic carbocycles. The molecule has 2 aromatic carbocycles. The number of hydrogen-bond donors (Lipinski definition) is 2. The van der Waals surface area contributed by atoms with Crippen molar-refractivity contribution in [2.45, 2.75) is 29.9 Å². The molecule has 0 spiro atoms. The number of amides is 2. The highest BCUT2D eigenvalue weighted by molar-refractivity contribution is 8.02. The van der Waals surface area contributed by atoms with Gasteiger partial charge in [-0.25, -0.2) is 0 Å². The van der Waals surface area contributed by atoms with Crippen molar-refractivity contribution in [3.8, 4) is 0 Å². The van der Waals surface area contributed by atoms with Gasteiger partial charge in [0.1, 0.15) is 0 Å². The van der Waals surface area contributed by atoms with Gasteiger partial charge in [0.05, 0.1) is 5.25 Å². The van der Waals surface area contributed by atoms with Crippen LogP contribution in [0.2, 0.25) is 5.02 Å². The largest absolute Gasteiger partial charge is 0.325 e. The molecule has 0 bridgehead atoms. The van der Waals surface area contributed by atoms with Crippen molar-refractivity contribution in [2.75, 3.05) is 10.6 Å². The molecule has 7 nitrogen and oxygen atoms in total. The molecule has 160 valence electrons. The van der Waals surface area contributed by atoms with Gasteiger partial charge in [0.2, 0.25) is 11.0 Å².